The first kappa shape index (κ1) is 42.8. The van der Waals surface area contributed by atoms with E-state index in [2.05, 4.69) is 239 Å². The molecule has 3 aliphatic rings. The molecule has 0 radical (unpaired) electrons. The summed E-state index contributed by atoms with van der Waals surface area (Å²) in [5.41, 5.74) is 22.1. The zero-order valence-electron chi connectivity index (χ0n) is 41.1. The van der Waals surface area contributed by atoms with Crippen molar-refractivity contribution in [1.82, 2.24) is 19.9 Å². The average Bonchev–Trinajstić information content (AvgIpc) is 3.66. The van der Waals surface area contributed by atoms with Gasteiger partial charge < -0.3 is 9.80 Å². The Morgan fingerprint density at radius 3 is 1.08 bits per heavy atom. The Balaban J connectivity index is 1.07. The topological polar surface area (TPSA) is 58.0 Å². The Labute approximate surface area is 426 Å². The Kier molecular flexibility index (Phi) is 9.39. The number of anilines is 6. The number of aromatic nitrogens is 4. The number of aryl methyl sites for hydroxylation is 2. The summed E-state index contributed by atoms with van der Waals surface area (Å²) in [5.74, 6) is 0. The lowest BCUT2D eigenvalue weighted by molar-refractivity contribution is 0.658. The van der Waals surface area contributed by atoms with Crippen molar-refractivity contribution in [1.29, 1.82) is 0 Å². The smallest absolute Gasteiger partial charge is 0.0744 e. The van der Waals surface area contributed by atoms with Gasteiger partial charge in [-0.1, -0.05) is 92.7 Å². The second-order valence-corrected chi connectivity index (χ2v) is 20.4. The van der Waals surface area contributed by atoms with Gasteiger partial charge in [-0.2, -0.15) is 0 Å². The maximum atomic E-state index is 4.58. The first-order chi connectivity index (χ1) is 35.8. The number of benzene rings is 7. The van der Waals surface area contributed by atoms with Gasteiger partial charge in [-0.05, 0) is 195 Å². The van der Waals surface area contributed by atoms with Gasteiger partial charge in [0.25, 0.3) is 0 Å². The minimum absolute atomic E-state index is 0.241. The molecule has 73 heavy (non-hydrogen) atoms. The molecule has 0 bridgehead atoms. The molecule has 0 unspecified atom stereocenters. The van der Waals surface area contributed by atoms with Crippen LogP contribution in [0.3, 0.4) is 0 Å². The van der Waals surface area contributed by atoms with E-state index in [1.54, 1.807) is 0 Å². The normalized spacial score (nSPS) is 15.1. The van der Waals surface area contributed by atoms with Gasteiger partial charge in [0.2, 0.25) is 0 Å². The summed E-state index contributed by atoms with van der Waals surface area (Å²) in [6, 6.07) is 68.1. The molecule has 0 N–H and O–H groups in total. The van der Waals surface area contributed by atoms with Gasteiger partial charge in [0.15, 0.2) is 0 Å². The average molecular weight is 939 g/mol. The maximum absolute atomic E-state index is 4.58. The van der Waals surface area contributed by atoms with Gasteiger partial charge in [-0.3, -0.25) is 19.9 Å². The molecule has 0 amide bonds. The second kappa shape index (κ2) is 16.0. The highest BCUT2D eigenvalue weighted by atomic mass is 15.2. The quantitative estimate of drug-likeness (QED) is 0.166. The molecule has 0 spiro atoms. The fraction of sp³-hybridized carbons (Fsp3) is 0.104. The number of pyridine rings is 4. The van der Waals surface area contributed by atoms with E-state index >= 15 is 0 Å². The van der Waals surface area contributed by atoms with Crippen LogP contribution in [0.15, 0.2) is 232 Å². The van der Waals surface area contributed by atoms with Crippen LogP contribution in [0.25, 0.3) is 21.9 Å². The van der Waals surface area contributed by atoms with Crippen molar-refractivity contribution in [2.24, 2.45) is 0 Å². The molecule has 1 aliphatic carbocycles. The van der Waals surface area contributed by atoms with Crippen LogP contribution in [0.4, 0.5) is 34.1 Å². The predicted octanol–water partition coefficient (Wildman–Crippen LogP) is 15.7. The van der Waals surface area contributed by atoms with Gasteiger partial charge in [-0.25, -0.2) is 0 Å². The first-order valence-corrected chi connectivity index (χ1v) is 25.2. The Hall–Kier alpha value is -9.00. The van der Waals surface area contributed by atoms with E-state index in [4.69, 9.17) is 0 Å². The van der Waals surface area contributed by atoms with Gasteiger partial charge in [0.05, 0.1) is 45.0 Å². The largest absolute Gasteiger partial charge is 0.309 e. The van der Waals surface area contributed by atoms with Crippen molar-refractivity contribution in [3.63, 3.8) is 0 Å². The molecule has 0 atom stereocenters. The van der Waals surface area contributed by atoms with E-state index in [1.807, 2.05) is 49.6 Å². The summed E-state index contributed by atoms with van der Waals surface area (Å²) in [6.45, 7) is 9.26. The Bertz CT molecular complexity index is 3850. The Morgan fingerprint density at radius 1 is 0.301 bits per heavy atom. The van der Waals surface area contributed by atoms with Crippen LogP contribution in [-0.4, -0.2) is 19.9 Å². The summed E-state index contributed by atoms with van der Waals surface area (Å²) < 4.78 is 0. The number of fused-ring (bicyclic) bond motifs is 8. The van der Waals surface area contributed by atoms with E-state index in [9.17, 15) is 0 Å². The van der Waals surface area contributed by atoms with Crippen molar-refractivity contribution in [3.05, 3.63) is 298 Å². The van der Waals surface area contributed by atoms with Crippen LogP contribution in [0.1, 0.15) is 80.6 Å². The van der Waals surface area contributed by atoms with Crippen molar-refractivity contribution in [2.75, 3.05) is 9.80 Å². The van der Waals surface area contributed by atoms with Crippen LogP contribution >= 0.6 is 0 Å². The highest BCUT2D eigenvalue weighted by molar-refractivity contribution is 6.10. The van der Waals surface area contributed by atoms with Crippen LogP contribution in [0.5, 0.6) is 0 Å². The van der Waals surface area contributed by atoms with Crippen LogP contribution in [0, 0.1) is 13.8 Å². The van der Waals surface area contributed by atoms with E-state index < -0.39 is 10.8 Å². The number of hydrogen-bond donors (Lipinski definition) is 0. The Morgan fingerprint density at radius 2 is 0.658 bits per heavy atom. The highest BCUT2D eigenvalue weighted by Gasteiger charge is 2.50. The number of hydrogen-bond acceptors (Lipinski definition) is 6. The highest BCUT2D eigenvalue weighted by Crippen LogP contribution is 2.63. The summed E-state index contributed by atoms with van der Waals surface area (Å²) in [6.07, 6.45) is 15.4. The molecule has 0 saturated carbocycles. The summed E-state index contributed by atoms with van der Waals surface area (Å²) in [5, 5.41) is 2.33. The minimum Gasteiger partial charge on any atom is -0.309 e. The van der Waals surface area contributed by atoms with Crippen LogP contribution in [-0.2, 0) is 16.2 Å². The zero-order chi connectivity index (χ0) is 49.1. The van der Waals surface area contributed by atoms with Gasteiger partial charge in [0, 0.05) is 65.8 Å². The van der Waals surface area contributed by atoms with Gasteiger partial charge in [-0.15, -0.1) is 0 Å². The van der Waals surface area contributed by atoms with E-state index in [0.29, 0.717) is 0 Å². The first-order valence-electron chi connectivity index (χ1n) is 25.2. The summed E-state index contributed by atoms with van der Waals surface area (Å²) >= 11 is 0. The molecule has 348 valence electrons. The van der Waals surface area contributed by atoms with E-state index in [-0.39, 0.29) is 5.41 Å². The number of para-hydroxylation sites is 3. The molecule has 11 aromatic rings. The van der Waals surface area contributed by atoms with E-state index in [0.717, 1.165) is 56.4 Å². The molecule has 7 aromatic carbocycles. The lowest BCUT2D eigenvalue weighted by Crippen LogP contribution is -2.38. The lowest BCUT2D eigenvalue weighted by atomic mass is 9.62. The zero-order valence-corrected chi connectivity index (χ0v) is 41.1. The number of rotatable bonds is 6. The maximum Gasteiger partial charge on any atom is 0.0744 e. The third-order valence-corrected chi connectivity index (χ3v) is 16.2. The van der Waals surface area contributed by atoms with Crippen molar-refractivity contribution >= 4 is 44.9 Å². The molecule has 0 fully saturated rings. The molecule has 6 heteroatoms. The fourth-order valence-corrected chi connectivity index (χ4v) is 13.3. The van der Waals surface area contributed by atoms with Crippen LogP contribution < -0.4 is 9.80 Å². The van der Waals surface area contributed by atoms with Crippen LogP contribution in [0.2, 0.25) is 0 Å². The third-order valence-electron chi connectivity index (χ3n) is 16.2. The summed E-state index contributed by atoms with van der Waals surface area (Å²) in [7, 11) is 0. The molecule has 14 rings (SSSR count). The molecular formula is C67H50N6. The molecular weight excluding hydrogens is 889 g/mol. The van der Waals surface area contributed by atoms with Crippen molar-refractivity contribution in [2.45, 2.75) is 43.9 Å². The SMILES string of the molecule is Cc1cc(N2c3ccccc3C(c3ccncc3)(c3ccncc3)c3cc4c(cc32)C(C)(C)c2ccccc2-4)c2cc(C)cc(N3c4ccccc4C(c4ccncc4)(c4ccncc4)c4ccccc43)c2c1. The molecule has 0 saturated heterocycles. The molecule has 6 nitrogen and oxygen atoms in total. The molecule has 6 heterocycles. The minimum atomic E-state index is -0.719. The van der Waals surface area contributed by atoms with Gasteiger partial charge in [0.1, 0.15) is 0 Å². The predicted molar refractivity (Wildman–Crippen MR) is 295 cm³/mol. The van der Waals surface area contributed by atoms with E-state index in [1.165, 1.54) is 66.4 Å². The second-order valence-electron chi connectivity index (χ2n) is 20.4. The summed E-state index contributed by atoms with van der Waals surface area (Å²) in [4.78, 5) is 23.3. The fourth-order valence-electron chi connectivity index (χ4n) is 13.3. The van der Waals surface area contributed by atoms with Crippen molar-refractivity contribution < 1.29 is 0 Å². The molecule has 4 aromatic heterocycles. The van der Waals surface area contributed by atoms with Gasteiger partial charge >= 0.3 is 0 Å². The standard InChI is InChI=1S/C67H50N6/c1-43-38-52-51(62(39-43)72-59-18-10-7-15-54(59)66(45-21-29-68-30-22-45,46-23-31-69-32-24-46)55-16-8-11-19-60(55)72)37-44(2)40-63(52)73-61-20-12-9-17-56(61)67(47-25-33-70-34-26-47,48-27-35-71-36-28-48)58-41-50-49-13-5-6-14-53(49)65(3,4)57(50)42-64(58)73/h5-42H,1-4H3. The number of nitrogens with zero attached hydrogens (tertiary/aromatic N) is 6. The monoisotopic (exact) mass is 938 g/mol. The third kappa shape index (κ3) is 5.92. The molecule has 2 aliphatic heterocycles. The lowest BCUT2D eigenvalue weighted by Gasteiger charge is -2.47. The van der Waals surface area contributed by atoms with Crippen molar-refractivity contribution in [3.8, 4) is 11.1 Å².